The number of aryl methyl sites for hydroxylation is 1. The number of para-hydroxylation sites is 1. The van der Waals surface area contributed by atoms with Gasteiger partial charge in [0.05, 0.1) is 12.8 Å². The predicted molar refractivity (Wildman–Crippen MR) is 123 cm³/mol. The number of rotatable bonds is 8. The Balaban J connectivity index is 1.73. The fraction of sp³-hybridized carbons (Fsp3) is 0.250. The van der Waals surface area contributed by atoms with Gasteiger partial charge in [0.2, 0.25) is 5.43 Å². The number of ether oxygens (including phenoxy) is 2. The molecule has 3 rings (SSSR count). The summed E-state index contributed by atoms with van der Waals surface area (Å²) in [7, 11) is 4.78. The zero-order chi connectivity index (χ0) is 24.0. The van der Waals surface area contributed by atoms with Crippen molar-refractivity contribution in [2.75, 3.05) is 27.8 Å². The number of nitrogens with one attached hydrogen (secondary N) is 1. The fourth-order valence-electron chi connectivity index (χ4n) is 3.01. The molecule has 2 amide bonds. The minimum atomic E-state index is -0.583. The molecule has 172 valence electrons. The van der Waals surface area contributed by atoms with Crippen molar-refractivity contribution in [2.24, 2.45) is 0 Å². The smallest absolute Gasteiger partial charge is 0.276 e. The molecule has 2 aromatic carbocycles. The van der Waals surface area contributed by atoms with Gasteiger partial charge in [0.1, 0.15) is 0 Å². The number of benzene rings is 2. The Morgan fingerprint density at radius 1 is 1.06 bits per heavy atom. The third kappa shape index (κ3) is 5.76. The van der Waals surface area contributed by atoms with Crippen molar-refractivity contribution >= 4 is 11.8 Å². The minimum absolute atomic E-state index is 0.119. The van der Waals surface area contributed by atoms with Crippen LogP contribution in [0.1, 0.15) is 21.7 Å². The molecule has 3 aromatic rings. The summed E-state index contributed by atoms with van der Waals surface area (Å²) in [6, 6.07) is 15.7. The van der Waals surface area contributed by atoms with Gasteiger partial charge in [0.25, 0.3) is 11.8 Å². The molecule has 0 spiro atoms. The Hall–Kier alpha value is -4.14. The lowest BCUT2D eigenvalue weighted by Crippen LogP contribution is -2.31. The normalized spacial score (nSPS) is 10.4. The van der Waals surface area contributed by atoms with Crippen LogP contribution in [-0.2, 0) is 11.3 Å². The van der Waals surface area contributed by atoms with Crippen molar-refractivity contribution in [2.45, 2.75) is 13.5 Å². The van der Waals surface area contributed by atoms with Gasteiger partial charge in [-0.05, 0) is 36.8 Å². The first kappa shape index (κ1) is 23.5. The maximum atomic E-state index is 12.7. The highest BCUT2D eigenvalue weighted by Crippen LogP contribution is 2.28. The van der Waals surface area contributed by atoms with Crippen LogP contribution < -0.4 is 20.2 Å². The van der Waals surface area contributed by atoms with E-state index in [0.29, 0.717) is 17.2 Å². The maximum Gasteiger partial charge on any atom is 0.276 e. The third-order valence-corrected chi connectivity index (χ3v) is 4.85. The van der Waals surface area contributed by atoms with Crippen LogP contribution in [-0.4, -0.2) is 54.3 Å². The standard InChI is InChI=1S/C24H26N4O5/c1-16-12-19(29)23(26-28(16)18-8-6-5-7-9-18)24(31)25-14-17-10-11-20(21(13-17)32-4)33-15-22(30)27(2)3/h5-13H,14-15H2,1-4H3,(H,25,31). The van der Waals surface area contributed by atoms with Crippen LogP contribution in [0.5, 0.6) is 11.5 Å². The van der Waals surface area contributed by atoms with Crippen LogP contribution in [0.15, 0.2) is 59.4 Å². The SMILES string of the molecule is COc1cc(CNC(=O)c2nn(-c3ccccc3)c(C)cc2=O)ccc1OCC(=O)N(C)C. The Bertz CT molecular complexity index is 1210. The quantitative estimate of drug-likeness (QED) is 0.563. The summed E-state index contributed by atoms with van der Waals surface area (Å²) in [5.41, 5.74) is 1.44. The first-order valence-electron chi connectivity index (χ1n) is 10.2. The summed E-state index contributed by atoms with van der Waals surface area (Å²) < 4.78 is 12.4. The summed E-state index contributed by atoms with van der Waals surface area (Å²) in [4.78, 5) is 38.3. The van der Waals surface area contributed by atoms with Gasteiger partial charge >= 0.3 is 0 Å². The molecule has 1 heterocycles. The lowest BCUT2D eigenvalue weighted by molar-refractivity contribution is -0.130. The summed E-state index contributed by atoms with van der Waals surface area (Å²) in [6.45, 7) is 1.78. The molecule has 0 aliphatic heterocycles. The zero-order valence-corrected chi connectivity index (χ0v) is 19.0. The highest BCUT2D eigenvalue weighted by molar-refractivity contribution is 5.92. The summed E-state index contributed by atoms with van der Waals surface area (Å²) >= 11 is 0. The Morgan fingerprint density at radius 3 is 2.45 bits per heavy atom. The van der Waals surface area contributed by atoms with Crippen molar-refractivity contribution in [3.8, 4) is 17.2 Å². The zero-order valence-electron chi connectivity index (χ0n) is 19.0. The van der Waals surface area contributed by atoms with Crippen molar-refractivity contribution in [1.29, 1.82) is 0 Å². The first-order chi connectivity index (χ1) is 15.8. The van der Waals surface area contributed by atoms with Gasteiger partial charge in [-0.2, -0.15) is 5.10 Å². The minimum Gasteiger partial charge on any atom is -0.493 e. The Labute approximate surface area is 191 Å². The van der Waals surface area contributed by atoms with Crippen LogP contribution in [0.3, 0.4) is 0 Å². The molecule has 1 N–H and O–H groups in total. The molecule has 0 unspecified atom stereocenters. The number of hydrogen-bond acceptors (Lipinski definition) is 6. The summed E-state index contributed by atoms with van der Waals surface area (Å²) in [6.07, 6.45) is 0. The molecule has 33 heavy (non-hydrogen) atoms. The molecule has 0 bridgehead atoms. The Kier molecular flexibility index (Phi) is 7.45. The van der Waals surface area contributed by atoms with E-state index in [2.05, 4.69) is 10.4 Å². The van der Waals surface area contributed by atoms with Crippen LogP contribution in [0.25, 0.3) is 5.69 Å². The van der Waals surface area contributed by atoms with Crippen LogP contribution in [0, 0.1) is 6.92 Å². The molecule has 0 atom stereocenters. The van der Waals surface area contributed by atoms with Crippen molar-refractivity contribution < 1.29 is 19.1 Å². The number of likely N-dealkylation sites (N-methyl/N-ethyl adjacent to an activating group) is 1. The second-order valence-corrected chi connectivity index (χ2v) is 7.49. The molecule has 0 fully saturated rings. The van der Waals surface area contributed by atoms with Gasteiger partial charge in [-0.3, -0.25) is 14.4 Å². The van der Waals surface area contributed by atoms with E-state index in [-0.39, 0.29) is 24.8 Å². The largest absolute Gasteiger partial charge is 0.493 e. The molecule has 0 radical (unpaired) electrons. The lowest BCUT2D eigenvalue weighted by Gasteiger charge is -2.14. The Morgan fingerprint density at radius 2 is 1.79 bits per heavy atom. The van der Waals surface area contributed by atoms with Gasteiger partial charge in [0.15, 0.2) is 23.8 Å². The molecule has 0 saturated heterocycles. The highest BCUT2D eigenvalue weighted by Gasteiger charge is 2.16. The molecular formula is C24H26N4O5. The maximum absolute atomic E-state index is 12.7. The van der Waals surface area contributed by atoms with E-state index in [4.69, 9.17) is 9.47 Å². The second kappa shape index (κ2) is 10.4. The average molecular weight is 450 g/mol. The van der Waals surface area contributed by atoms with Crippen LogP contribution in [0.4, 0.5) is 0 Å². The van der Waals surface area contributed by atoms with E-state index in [1.807, 2.05) is 30.3 Å². The number of aromatic nitrogens is 2. The summed E-state index contributed by atoms with van der Waals surface area (Å²) in [5.74, 6) is 0.0719. The molecule has 0 aliphatic rings. The van der Waals surface area contributed by atoms with Crippen molar-refractivity contribution in [1.82, 2.24) is 20.0 Å². The van der Waals surface area contributed by atoms with Gasteiger partial charge in [-0.1, -0.05) is 24.3 Å². The average Bonchev–Trinajstić information content (AvgIpc) is 2.81. The summed E-state index contributed by atoms with van der Waals surface area (Å²) in [5, 5.41) is 6.99. The van der Waals surface area contributed by atoms with Gasteiger partial charge in [-0.15, -0.1) is 0 Å². The third-order valence-electron chi connectivity index (χ3n) is 4.85. The number of carbonyl (C=O) groups is 2. The second-order valence-electron chi connectivity index (χ2n) is 7.49. The monoisotopic (exact) mass is 450 g/mol. The van der Waals surface area contributed by atoms with E-state index < -0.39 is 11.3 Å². The van der Waals surface area contributed by atoms with E-state index in [0.717, 1.165) is 11.3 Å². The number of nitrogens with zero attached hydrogens (tertiary/aromatic N) is 3. The molecular weight excluding hydrogens is 424 g/mol. The fourth-order valence-corrected chi connectivity index (χ4v) is 3.01. The topological polar surface area (TPSA) is 103 Å². The molecule has 0 aliphatic carbocycles. The van der Waals surface area contributed by atoms with Gasteiger partial charge in [0, 0.05) is 32.4 Å². The number of hydrogen-bond donors (Lipinski definition) is 1. The molecule has 0 saturated carbocycles. The number of amides is 2. The van der Waals surface area contributed by atoms with Crippen molar-refractivity contribution in [3.05, 3.63) is 81.8 Å². The van der Waals surface area contributed by atoms with Gasteiger partial charge in [-0.25, -0.2) is 4.68 Å². The van der Waals surface area contributed by atoms with Crippen LogP contribution in [0.2, 0.25) is 0 Å². The van der Waals surface area contributed by atoms with Crippen molar-refractivity contribution in [3.63, 3.8) is 0 Å². The van der Waals surface area contributed by atoms with Crippen LogP contribution >= 0.6 is 0 Å². The van der Waals surface area contributed by atoms with E-state index in [1.165, 1.54) is 18.1 Å². The number of carbonyl (C=O) groups excluding carboxylic acids is 2. The van der Waals surface area contributed by atoms with E-state index in [9.17, 15) is 14.4 Å². The molecule has 9 heteroatoms. The number of methoxy groups -OCH3 is 1. The highest BCUT2D eigenvalue weighted by atomic mass is 16.5. The van der Waals surface area contributed by atoms with E-state index in [1.54, 1.807) is 43.9 Å². The lowest BCUT2D eigenvalue weighted by atomic mass is 10.2. The predicted octanol–water partition coefficient (Wildman–Crippen LogP) is 1.95. The van der Waals surface area contributed by atoms with Gasteiger partial charge < -0.3 is 19.7 Å². The van der Waals surface area contributed by atoms with E-state index >= 15 is 0 Å². The molecule has 1 aromatic heterocycles. The first-order valence-corrected chi connectivity index (χ1v) is 10.2. The molecule has 9 nitrogen and oxygen atoms in total.